The smallest absolute Gasteiger partial charge is 0.338 e. The van der Waals surface area contributed by atoms with E-state index in [9.17, 15) is 13.2 Å². The Balaban J connectivity index is 1.97. The number of likely N-dealkylation sites (tertiary alicyclic amines) is 1. The first-order valence-corrected chi connectivity index (χ1v) is 5.33. The van der Waals surface area contributed by atoms with Crippen molar-refractivity contribution in [2.45, 2.75) is 31.6 Å². The second-order valence-corrected chi connectivity index (χ2v) is 4.15. The Labute approximate surface area is 95.8 Å². The number of rotatable bonds is 2. The van der Waals surface area contributed by atoms with E-state index in [2.05, 4.69) is 14.7 Å². The second kappa shape index (κ2) is 4.61. The summed E-state index contributed by atoms with van der Waals surface area (Å²) in [5, 5.41) is 2.90. The SMILES string of the molecule is N[C@H]1CCCN(Cc2nc(C(F)(F)F)no2)C1. The molecule has 0 saturated carbocycles. The van der Waals surface area contributed by atoms with Gasteiger partial charge in [0.25, 0.3) is 5.82 Å². The zero-order valence-electron chi connectivity index (χ0n) is 9.07. The van der Waals surface area contributed by atoms with Gasteiger partial charge in [-0.15, -0.1) is 0 Å². The fourth-order valence-electron chi connectivity index (χ4n) is 1.86. The van der Waals surface area contributed by atoms with E-state index >= 15 is 0 Å². The van der Waals surface area contributed by atoms with Crippen molar-refractivity contribution in [2.75, 3.05) is 13.1 Å². The molecule has 0 aromatic carbocycles. The van der Waals surface area contributed by atoms with Crippen LogP contribution in [0.25, 0.3) is 0 Å². The summed E-state index contributed by atoms with van der Waals surface area (Å²) in [4.78, 5) is 5.23. The summed E-state index contributed by atoms with van der Waals surface area (Å²) >= 11 is 0. The summed E-state index contributed by atoms with van der Waals surface area (Å²) in [5.74, 6) is -1.25. The van der Waals surface area contributed by atoms with Gasteiger partial charge < -0.3 is 10.3 Å². The maximum Gasteiger partial charge on any atom is 0.455 e. The van der Waals surface area contributed by atoms with E-state index in [0.29, 0.717) is 6.54 Å². The number of alkyl halides is 3. The average Bonchev–Trinajstić information content (AvgIpc) is 2.65. The fraction of sp³-hybridized carbons (Fsp3) is 0.778. The Morgan fingerprint density at radius 2 is 2.24 bits per heavy atom. The van der Waals surface area contributed by atoms with E-state index in [1.807, 2.05) is 4.90 Å². The highest BCUT2D eigenvalue weighted by atomic mass is 19.4. The number of aromatic nitrogens is 2. The van der Waals surface area contributed by atoms with E-state index < -0.39 is 12.0 Å². The molecule has 0 unspecified atom stereocenters. The molecular formula is C9H13F3N4O. The third-order valence-corrected chi connectivity index (χ3v) is 2.62. The highest BCUT2D eigenvalue weighted by molar-refractivity contribution is 4.91. The average molecular weight is 250 g/mol. The van der Waals surface area contributed by atoms with Crippen molar-refractivity contribution in [3.8, 4) is 0 Å². The fourth-order valence-corrected chi connectivity index (χ4v) is 1.86. The van der Waals surface area contributed by atoms with Gasteiger partial charge in [-0.3, -0.25) is 4.90 Å². The van der Waals surface area contributed by atoms with Crippen molar-refractivity contribution < 1.29 is 17.7 Å². The Morgan fingerprint density at radius 1 is 1.47 bits per heavy atom. The Morgan fingerprint density at radius 3 is 2.82 bits per heavy atom. The zero-order chi connectivity index (χ0) is 12.5. The quantitative estimate of drug-likeness (QED) is 0.848. The van der Waals surface area contributed by atoms with E-state index in [1.54, 1.807) is 0 Å². The van der Waals surface area contributed by atoms with Crippen LogP contribution >= 0.6 is 0 Å². The van der Waals surface area contributed by atoms with Crippen LogP contribution in [0.5, 0.6) is 0 Å². The standard InChI is InChI=1S/C9H13F3N4O/c10-9(11,12)8-14-7(17-15-8)5-16-3-1-2-6(13)4-16/h6H,1-5,13H2/t6-/m0/s1. The van der Waals surface area contributed by atoms with E-state index in [4.69, 9.17) is 5.73 Å². The molecule has 2 heterocycles. The molecule has 17 heavy (non-hydrogen) atoms. The molecule has 5 nitrogen and oxygen atoms in total. The van der Waals surface area contributed by atoms with Crippen molar-refractivity contribution >= 4 is 0 Å². The maximum atomic E-state index is 12.2. The van der Waals surface area contributed by atoms with Crippen molar-refractivity contribution in [3.05, 3.63) is 11.7 Å². The van der Waals surface area contributed by atoms with Crippen LogP contribution in [0.1, 0.15) is 24.6 Å². The molecule has 2 rings (SSSR count). The Hall–Kier alpha value is -1.15. The topological polar surface area (TPSA) is 68.2 Å². The van der Waals surface area contributed by atoms with Crippen LogP contribution in [-0.4, -0.2) is 34.2 Å². The molecular weight excluding hydrogens is 237 g/mol. The molecule has 0 amide bonds. The lowest BCUT2D eigenvalue weighted by molar-refractivity contribution is -0.146. The maximum absolute atomic E-state index is 12.2. The van der Waals surface area contributed by atoms with Crippen LogP contribution in [0, 0.1) is 0 Å². The molecule has 2 N–H and O–H groups in total. The van der Waals surface area contributed by atoms with Gasteiger partial charge in [0.15, 0.2) is 0 Å². The molecule has 1 aliphatic rings. The minimum absolute atomic E-state index is 0.0218. The molecule has 0 aliphatic carbocycles. The van der Waals surface area contributed by atoms with Gasteiger partial charge in [0, 0.05) is 12.6 Å². The molecule has 96 valence electrons. The van der Waals surface area contributed by atoms with Gasteiger partial charge in [-0.2, -0.15) is 18.2 Å². The number of nitrogens with zero attached hydrogens (tertiary/aromatic N) is 3. The third kappa shape index (κ3) is 3.16. The first kappa shape index (κ1) is 12.3. The highest BCUT2D eigenvalue weighted by Gasteiger charge is 2.37. The van der Waals surface area contributed by atoms with Crippen LogP contribution in [0.4, 0.5) is 13.2 Å². The summed E-state index contributed by atoms with van der Waals surface area (Å²) in [6, 6.07) is 0.0637. The summed E-state index contributed by atoms with van der Waals surface area (Å²) in [6.07, 6.45) is -2.68. The van der Waals surface area contributed by atoms with Crippen LogP contribution < -0.4 is 5.73 Å². The van der Waals surface area contributed by atoms with E-state index in [1.165, 1.54) is 0 Å². The first-order chi connectivity index (χ1) is 7.95. The zero-order valence-corrected chi connectivity index (χ0v) is 9.07. The van der Waals surface area contributed by atoms with Gasteiger partial charge in [-0.1, -0.05) is 5.16 Å². The van der Waals surface area contributed by atoms with E-state index in [0.717, 1.165) is 19.4 Å². The van der Waals surface area contributed by atoms with Gasteiger partial charge in [0.1, 0.15) is 0 Å². The van der Waals surface area contributed by atoms with Crippen LogP contribution in [0.15, 0.2) is 4.52 Å². The summed E-state index contributed by atoms with van der Waals surface area (Å²) < 4.78 is 41.2. The van der Waals surface area contributed by atoms with Crippen molar-refractivity contribution in [2.24, 2.45) is 5.73 Å². The molecule has 1 aromatic rings. The predicted octanol–water partition coefficient (Wildman–Crippen LogP) is 1.01. The molecule has 1 aromatic heterocycles. The van der Waals surface area contributed by atoms with Gasteiger partial charge in [0.05, 0.1) is 6.54 Å². The number of hydrogen-bond donors (Lipinski definition) is 1. The largest absolute Gasteiger partial charge is 0.455 e. The van der Waals surface area contributed by atoms with Crippen LogP contribution in [0.2, 0.25) is 0 Å². The van der Waals surface area contributed by atoms with Crippen LogP contribution in [0.3, 0.4) is 0 Å². The summed E-state index contributed by atoms with van der Waals surface area (Å²) in [6.45, 7) is 1.65. The number of hydrogen-bond acceptors (Lipinski definition) is 5. The monoisotopic (exact) mass is 250 g/mol. The normalized spacial score (nSPS) is 22.9. The summed E-state index contributed by atoms with van der Waals surface area (Å²) in [7, 11) is 0. The molecule has 1 atom stereocenters. The lowest BCUT2D eigenvalue weighted by Crippen LogP contribution is -2.42. The van der Waals surface area contributed by atoms with Gasteiger partial charge in [-0.25, -0.2) is 0 Å². The predicted molar refractivity (Wildman–Crippen MR) is 51.8 cm³/mol. The van der Waals surface area contributed by atoms with E-state index in [-0.39, 0.29) is 18.5 Å². The molecule has 0 bridgehead atoms. The lowest BCUT2D eigenvalue weighted by Gasteiger charge is -2.29. The second-order valence-electron chi connectivity index (χ2n) is 4.15. The number of nitrogens with two attached hydrogens (primary N) is 1. The molecule has 1 saturated heterocycles. The molecule has 1 fully saturated rings. The Kier molecular flexibility index (Phi) is 3.34. The number of halogens is 3. The van der Waals surface area contributed by atoms with Gasteiger partial charge >= 0.3 is 6.18 Å². The minimum Gasteiger partial charge on any atom is -0.338 e. The molecule has 1 aliphatic heterocycles. The lowest BCUT2D eigenvalue weighted by atomic mass is 10.1. The number of piperidine rings is 1. The van der Waals surface area contributed by atoms with Crippen molar-refractivity contribution in [3.63, 3.8) is 0 Å². The molecule has 0 radical (unpaired) electrons. The van der Waals surface area contributed by atoms with Crippen molar-refractivity contribution in [1.82, 2.24) is 15.0 Å². The highest BCUT2D eigenvalue weighted by Crippen LogP contribution is 2.26. The van der Waals surface area contributed by atoms with Crippen molar-refractivity contribution in [1.29, 1.82) is 0 Å². The van der Waals surface area contributed by atoms with Crippen LogP contribution in [-0.2, 0) is 12.7 Å². The Bertz CT molecular complexity index is 379. The third-order valence-electron chi connectivity index (χ3n) is 2.62. The molecule has 0 spiro atoms. The van der Waals surface area contributed by atoms with Gasteiger partial charge in [-0.05, 0) is 19.4 Å². The molecule has 8 heteroatoms. The first-order valence-electron chi connectivity index (χ1n) is 5.33. The van der Waals surface area contributed by atoms with Gasteiger partial charge in [0.2, 0.25) is 5.89 Å². The minimum atomic E-state index is -4.56. The summed E-state index contributed by atoms with van der Waals surface area (Å²) in [5.41, 5.74) is 5.76.